The average Bonchev–Trinajstić information content (AvgIpc) is 2.55. The number of carbonyl (C=O) groups is 2. The third-order valence-corrected chi connectivity index (χ3v) is 3.53. The van der Waals surface area contributed by atoms with Gasteiger partial charge in [0.1, 0.15) is 0 Å². The predicted octanol–water partition coefficient (Wildman–Crippen LogP) is 1.19. The normalized spacial score (nSPS) is 10.6. The monoisotopic (exact) mass is 357 g/mol. The number of sulfonamides is 1. The van der Waals surface area contributed by atoms with Crippen molar-refractivity contribution in [1.29, 1.82) is 0 Å². The zero-order chi connectivity index (χ0) is 18.4. The van der Waals surface area contributed by atoms with Crippen LogP contribution < -0.4 is 14.8 Å². The first-order chi connectivity index (χ1) is 11.8. The Morgan fingerprint density at radius 2 is 1.64 bits per heavy atom. The summed E-state index contributed by atoms with van der Waals surface area (Å²) in [5.41, 5.74) is 0.363. The number of ether oxygens (including phenoxy) is 1. The van der Waals surface area contributed by atoms with Gasteiger partial charge in [0.05, 0.1) is 0 Å². The van der Waals surface area contributed by atoms with Crippen LogP contribution in [0.1, 0.15) is 10.4 Å². The maximum absolute atomic E-state index is 12.4. The predicted molar refractivity (Wildman–Crippen MR) is 96.8 cm³/mol. The van der Waals surface area contributed by atoms with Gasteiger partial charge in [-0.05, 0) is 0 Å². The first-order valence-corrected chi connectivity index (χ1v) is 8.93. The van der Waals surface area contributed by atoms with Crippen LogP contribution in [0.25, 0.3) is 0 Å². The van der Waals surface area contributed by atoms with Gasteiger partial charge in [-0.2, -0.15) is 0 Å². The topological polar surface area (TPSA) is 102 Å². The summed E-state index contributed by atoms with van der Waals surface area (Å²) in [6.45, 7) is 0. The molecule has 2 N–H and O–H groups in total. The molecular weight excluding hydrogens is 343 g/mol. The van der Waals surface area contributed by atoms with E-state index in [1.807, 2.05) is 0 Å². The standard InChI is InChI=1S/C16H14BN2O5S/c1-25(22,23)19-12-7-3-2-6-11(12)16(21)24-14-9-5-4-8-13(14)18-15(20)10-17/h2-10,19H,1H3,(H,18,20). The molecule has 127 valence electrons. The van der Waals surface area contributed by atoms with Crippen molar-refractivity contribution in [2.45, 2.75) is 0 Å². The van der Waals surface area contributed by atoms with Crippen molar-refractivity contribution >= 4 is 46.7 Å². The number of hydrogen-bond donors (Lipinski definition) is 2. The van der Waals surface area contributed by atoms with Crippen LogP contribution in [0, 0.1) is 0 Å². The van der Waals surface area contributed by atoms with Gasteiger partial charge in [0, 0.05) is 0 Å². The third kappa shape index (κ3) is 5.28. The summed E-state index contributed by atoms with van der Waals surface area (Å²) in [4.78, 5) is 23.8. The van der Waals surface area contributed by atoms with E-state index >= 15 is 0 Å². The zero-order valence-electron chi connectivity index (χ0n) is 13.2. The van der Waals surface area contributed by atoms with Gasteiger partial charge < -0.3 is 0 Å². The van der Waals surface area contributed by atoms with Gasteiger partial charge in [0.2, 0.25) is 0 Å². The molecule has 0 saturated carbocycles. The Balaban J connectivity index is 2.30. The fourth-order valence-electron chi connectivity index (χ4n) is 1.94. The Labute approximate surface area is 146 Å². The first-order valence-electron chi connectivity index (χ1n) is 7.04. The van der Waals surface area contributed by atoms with E-state index in [2.05, 4.69) is 10.0 Å². The van der Waals surface area contributed by atoms with E-state index < -0.39 is 21.9 Å². The molecule has 0 aliphatic carbocycles. The fraction of sp³-hybridized carbons (Fsp3) is 0.0625. The van der Waals surface area contributed by atoms with Gasteiger partial charge in [-0.15, -0.1) is 0 Å². The summed E-state index contributed by atoms with van der Waals surface area (Å²) in [6, 6.07) is 12.3. The van der Waals surface area contributed by atoms with Crippen molar-refractivity contribution in [1.82, 2.24) is 0 Å². The molecule has 9 heteroatoms. The molecule has 1 amide bonds. The second kappa shape index (κ2) is 7.76. The van der Waals surface area contributed by atoms with E-state index in [0.717, 1.165) is 12.2 Å². The van der Waals surface area contributed by atoms with Crippen LogP contribution in [0.4, 0.5) is 11.4 Å². The van der Waals surface area contributed by atoms with E-state index in [-0.39, 0.29) is 22.7 Å². The minimum atomic E-state index is -3.57. The summed E-state index contributed by atoms with van der Waals surface area (Å²) in [6.07, 6.45) is 0.975. The molecular formula is C16H14BN2O5S. The average molecular weight is 357 g/mol. The van der Waals surface area contributed by atoms with Crippen LogP contribution >= 0.6 is 0 Å². The summed E-state index contributed by atoms with van der Waals surface area (Å²) < 4.78 is 30.4. The molecule has 0 bridgehead atoms. The summed E-state index contributed by atoms with van der Waals surface area (Å²) in [5, 5.41) is 2.46. The number of anilines is 2. The maximum atomic E-state index is 12.4. The van der Waals surface area contributed by atoms with E-state index in [9.17, 15) is 18.0 Å². The number of hydrogen-bond acceptors (Lipinski definition) is 5. The summed E-state index contributed by atoms with van der Waals surface area (Å²) in [7, 11) is 1.56. The van der Waals surface area contributed by atoms with E-state index in [0.29, 0.717) is 0 Å². The molecule has 0 atom stereocenters. The van der Waals surface area contributed by atoms with Crippen molar-refractivity contribution in [2.24, 2.45) is 0 Å². The molecule has 0 unspecified atom stereocenters. The number of nitrogens with one attached hydrogen (secondary N) is 2. The van der Waals surface area contributed by atoms with Crippen LogP contribution in [0.3, 0.4) is 0 Å². The number of benzene rings is 2. The Kier molecular flexibility index (Phi) is 5.71. The van der Waals surface area contributed by atoms with Crippen LogP contribution in [0.15, 0.2) is 48.5 Å². The van der Waals surface area contributed by atoms with Crippen LogP contribution in [0.2, 0.25) is 0 Å². The fourth-order valence-corrected chi connectivity index (χ4v) is 2.52. The first kappa shape index (κ1) is 18.4. The van der Waals surface area contributed by atoms with Crippen LogP contribution in [-0.4, -0.2) is 40.0 Å². The minimum absolute atomic E-state index is 0.0273. The zero-order valence-corrected chi connectivity index (χ0v) is 14.0. The van der Waals surface area contributed by atoms with Gasteiger partial charge in [-0.1, -0.05) is 0 Å². The molecule has 2 aromatic carbocycles. The summed E-state index contributed by atoms with van der Waals surface area (Å²) >= 11 is 0. The molecule has 0 saturated heterocycles. The molecule has 25 heavy (non-hydrogen) atoms. The van der Waals surface area contributed by atoms with Gasteiger partial charge in [0.25, 0.3) is 0 Å². The molecule has 2 rings (SSSR count). The molecule has 1 radical (unpaired) electrons. The van der Waals surface area contributed by atoms with Crippen LogP contribution in [0.5, 0.6) is 5.75 Å². The van der Waals surface area contributed by atoms with Crippen molar-refractivity contribution in [3.05, 3.63) is 54.1 Å². The molecule has 0 aromatic heterocycles. The third-order valence-electron chi connectivity index (χ3n) is 2.94. The molecule has 7 nitrogen and oxygen atoms in total. The van der Waals surface area contributed by atoms with Crippen molar-refractivity contribution in [2.75, 3.05) is 16.3 Å². The number of esters is 1. The van der Waals surface area contributed by atoms with Gasteiger partial charge in [-0.25, -0.2) is 0 Å². The van der Waals surface area contributed by atoms with Crippen LogP contribution in [-0.2, 0) is 14.8 Å². The molecule has 0 fully saturated rings. The molecule has 0 aliphatic heterocycles. The SMILES string of the molecule is [B]=CC(=O)Nc1ccccc1OC(=O)c1ccccc1NS(C)(=O)=O. The Bertz CT molecular complexity index is 928. The second-order valence-electron chi connectivity index (χ2n) is 4.96. The molecule has 0 spiro atoms. The second-order valence-corrected chi connectivity index (χ2v) is 6.71. The summed E-state index contributed by atoms with van der Waals surface area (Å²) in [5.74, 6) is -0.422. The van der Waals surface area contributed by atoms with E-state index in [1.165, 1.54) is 24.3 Å². The Morgan fingerprint density at radius 1 is 1.04 bits per heavy atom. The van der Waals surface area contributed by atoms with Gasteiger partial charge in [-0.3, -0.25) is 0 Å². The van der Waals surface area contributed by atoms with Crippen molar-refractivity contribution in [3.63, 3.8) is 0 Å². The van der Waals surface area contributed by atoms with Crippen molar-refractivity contribution < 1.29 is 22.7 Å². The van der Waals surface area contributed by atoms with E-state index in [4.69, 9.17) is 12.2 Å². The number of para-hydroxylation sites is 3. The Morgan fingerprint density at radius 3 is 2.28 bits per heavy atom. The quantitative estimate of drug-likeness (QED) is 0.459. The van der Waals surface area contributed by atoms with E-state index in [1.54, 1.807) is 24.3 Å². The molecule has 2 aromatic rings. The number of amides is 1. The number of carbonyl (C=O) groups excluding carboxylic acids is 2. The Hall–Kier alpha value is -2.94. The molecule has 0 aliphatic rings. The van der Waals surface area contributed by atoms with Gasteiger partial charge in [0.15, 0.2) is 0 Å². The van der Waals surface area contributed by atoms with Gasteiger partial charge >= 0.3 is 146 Å². The molecule has 0 heterocycles. The van der Waals surface area contributed by atoms with Crippen molar-refractivity contribution in [3.8, 4) is 5.75 Å². The number of rotatable bonds is 6.